The number of nitrogens with zero attached hydrogens (tertiary/aromatic N) is 1. The molecular formula is C14H14N4O2. The number of benzene rings is 1. The molecule has 3 rings (SSSR count). The van der Waals surface area contributed by atoms with Crippen LogP contribution >= 0.6 is 0 Å². The number of nitrogens with one attached hydrogen (secondary N) is 3. The first kappa shape index (κ1) is 12.4. The van der Waals surface area contributed by atoms with Crippen LogP contribution in [0.2, 0.25) is 0 Å². The van der Waals surface area contributed by atoms with Crippen LogP contribution in [0.25, 0.3) is 0 Å². The fourth-order valence-corrected chi connectivity index (χ4v) is 2.27. The van der Waals surface area contributed by atoms with Crippen molar-refractivity contribution in [3.05, 3.63) is 52.3 Å². The van der Waals surface area contributed by atoms with Crippen LogP contribution in [0.5, 0.6) is 0 Å². The van der Waals surface area contributed by atoms with Crippen LogP contribution in [0.1, 0.15) is 5.56 Å². The van der Waals surface area contributed by atoms with Crippen LogP contribution in [-0.2, 0) is 11.2 Å². The Kier molecular flexibility index (Phi) is 3.20. The molecule has 1 aliphatic rings. The third-order valence-corrected chi connectivity index (χ3v) is 3.32. The summed E-state index contributed by atoms with van der Waals surface area (Å²) in [6.45, 7) is 0.589. The normalized spacial score (nSPS) is 16.9. The molecule has 1 aromatic carbocycles. The zero-order valence-corrected chi connectivity index (χ0v) is 10.7. The number of hydrogen-bond acceptors (Lipinski definition) is 4. The van der Waals surface area contributed by atoms with Gasteiger partial charge in [0.2, 0.25) is 5.91 Å². The van der Waals surface area contributed by atoms with E-state index in [1.807, 2.05) is 24.3 Å². The minimum atomic E-state index is -0.295. The van der Waals surface area contributed by atoms with Gasteiger partial charge in [0, 0.05) is 18.3 Å². The summed E-state index contributed by atoms with van der Waals surface area (Å²) in [4.78, 5) is 23.1. The van der Waals surface area contributed by atoms with Crippen LogP contribution < -0.4 is 16.2 Å². The molecule has 2 heterocycles. The van der Waals surface area contributed by atoms with E-state index < -0.39 is 0 Å². The van der Waals surface area contributed by atoms with Crippen molar-refractivity contribution in [3.8, 4) is 0 Å². The summed E-state index contributed by atoms with van der Waals surface area (Å²) in [6.07, 6.45) is 0.693. The van der Waals surface area contributed by atoms with Gasteiger partial charge in [-0.2, -0.15) is 5.10 Å². The number of carbonyl (C=O) groups is 1. The van der Waals surface area contributed by atoms with Gasteiger partial charge in [0.05, 0.1) is 5.92 Å². The van der Waals surface area contributed by atoms with Crippen molar-refractivity contribution in [2.24, 2.45) is 5.92 Å². The number of anilines is 2. The van der Waals surface area contributed by atoms with E-state index in [0.717, 1.165) is 11.3 Å². The van der Waals surface area contributed by atoms with E-state index in [1.165, 1.54) is 12.1 Å². The average molecular weight is 270 g/mol. The Morgan fingerprint density at radius 3 is 2.90 bits per heavy atom. The fraction of sp³-hybridized carbons (Fsp3) is 0.214. The first-order valence-corrected chi connectivity index (χ1v) is 6.41. The molecule has 0 bridgehead atoms. The molecule has 20 heavy (non-hydrogen) atoms. The van der Waals surface area contributed by atoms with Gasteiger partial charge in [-0.3, -0.25) is 9.59 Å². The van der Waals surface area contributed by atoms with Crippen LogP contribution in [0.3, 0.4) is 0 Å². The van der Waals surface area contributed by atoms with Crippen LogP contribution in [0.15, 0.2) is 41.2 Å². The molecule has 3 N–H and O–H groups in total. The molecule has 6 heteroatoms. The lowest BCUT2D eigenvalue weighted by atomic mass is 9.93. The zero-order chi connectivity index (χ0) is 13.9. The van der Waals surface area contributed by atoms with E-state index in [-0.39, 0.29) is 17.4 Å². The van der Waals surface area contributed by atoms with Gasteiger partial charge in [0.15, 0.2) is 5.82 Å². The van der Waals surface area contributed by atoms with Crippen molar-refractivity contribution in [1.29, 1.82) is 0 Å². The van der Waals surface area contributed by atoms with Gasteiger partial charge in [-0.15, -0.1) is 0 Å². The lowest BCUT2D eigenvalue weighted by molar-refractivity contribution is -0.119. The van der Waals surface area contributed by atoms with Gasteiger partial charge in [-0.1, -0.05) is 18.2 Å². The van der Waals surface area contributed by atoms with E-state index in [9.17, 15) is 9.59 Å². The number of para-hydroxylation sites is 1. The molecule has 0 aliphatic carbocycles. The summed E-state index contributed by atoms with van der Waals surface area (Å²) in [5.41, 5.74) is 1.92. The van der Waals surface area contributed by atoms with E-state index in [4.69, 9.17) is 0 Å². The maximum atomic E-state index is 12.2. The number of aromatic amines is 1. The second-order valence-corrected chi connectivity index (χ2v) is 4.73. The predicted molar refractivity (Wildman–Crippen MR) is 75.6 cm³/mol. The van der Waals surface area contributed by atoms with Gasteiger partial charge in [0.1, 0.15) is 0 Å². The first-order valence-electron chi connectivity index (χ1n) is 6.41. The molecule has 102 valence electrons. The van der Waals surface area contributed by atoms with Crippen LogP contribution in [-0.4, -0.2) is 22.6 Å². The van der Waals surface area contributed by atoms with E-state index >= 15 is 0 Å². The number of fused-ring (bicyclic) bond motifs is 1. The molecule has 1 amide bonds. The maximum absolute atomic E-state index is 12.2. The van der Waals surface area contributed by atoms with Crippen LogP contribution in [0, 0.1) is 5.92 Å². The Morgan fingerprint density at radius 1 is 1.25 bits per heavy atom. The lowest BCUT2D eigenvalue weighted by Gasteiger charge is -2.25. The monoisotopic (exact) mass is 270 g/mol. The van der Waals surface area contributed by atoms with Gasteiger partial charge < -0.3 is 10.6 Å². The maximum Gasteiger partial charge on any atom is 0.264 e. The SMILES string of the molecule is O=C(Nc1ccc(=O)[nH]n1)C1CNc2ccccc2C1. The summed E-state index contributed by atoms with van der Waals surface area (Å²) in [5, 5.41) is 12.0. The number of aromatic nitrogens is 2. The highest BCUT2D eigenvalue weighted by molar-refractivity contribution is 5.92. The average Bonchev–Trinajstić information content (AvgIpc) is 2.49. The van der Waals surface area contributed by atoms with Crippen molar-refractivity contribution in [3.63, 3.8) is 0 Å². The summed E-state index contributed by atoms with van der Waals surface area (Å²) in [6, 6.07) is 10.8. The van der Waals surface area contributed by atoms with E-state index in [1.54, 1.807) is 0 Å². The number of H-pyrrole nitrogens is 1. The van der Waals surface area contributed by atoms with Crippen molar-refractivity contribution in [2.75, 3.05) is 17.2 Å². The molecular weight excluding hydrogens is 256 g/mol. The Morgan fingerprint density at radius 2 is 2.10 bits per heavy atom. The predicted octanol–water partition coefficient (Wildman–Crippen LogP) is 0.993. The largest absolute Gasteiger partial charge is 0.384 e. The summed E-state index contributed by atoms with van der Waals surface area (Å²) >= 11 is 0. The molecule has 1 aliphatic heterocycles. The minimum absolute atomic E-state index is 0.105. The topological polar surface area (TPSA) is 86.9 Å². The van der Waals surface area contributed by atoms with Gasteiger partial charge in [-0.05, 0) is 24.1 Å². The van der Waals surface area contributed by atoms with Gasteiger partial charge in [0.25, 0.3) is 5.56 Å². The Hall–Kier alpha value is -2.63. The number of rotatable bonds is 2. The summed E-state index contributed by atoms with van der Waals surface area (Å²) < 4.78 is 0. The van der Waals surface area contributed by atoms with E-state index in [0.29, 0.717) is 18.8 Å². The third-order valence-electron chi connectivity index (χ3n) is 3.32. The van der Waals surface area contributed by atoms with Gasteiger partial charge in [-0.25, -0.2) is 5.10 Å². The molecule has 0 fully saturated rings. The molecule has 1 aromatic heterocycles. The lowest BCUT2D eigenvalue weighted by Crippen LogP contribution is -2.34. The summed E-state index contributed by atoms with van der Waals surface area (Å²) in [7, 11) is 0. The van der Waals surface area contributed by atoms with Crippen molar-refractivity contribution in [2.45, 2.75) is 6.42 Å². The van der Waals surface area contributed by atoms with E-state index in [2.05, 4.69) is 20.8 Å². The van der Waals surface area contributed by atoms with Crippen molar-refractivity contribution >= 4 is 17.4 Å². The highest BCUT2D eigenvalue weighted by atomic mass is 16.2. The van der Waals surface area contributed by atoms with Crippen molar-refractivity contribution < 1.29 is 4.79 Å². The Bertz CT molecular complexity index is 675. The fourth-order valence-electron chi connectivity index (χ4n) is 2.27. The second-order valence-electron chi connectivity index (χ2n) is 4.73. The second kappa shape index (κ2) is 5.16. The molecule has 0 saturated heterocycles. The standard InChI is InChI=1S/C14H14N4O2/c19-13-6-5-12(17-18-13)16-14(20)10-7-9-3-1-2-4-11(9)15-8-10/h1-6,10,15H,7-8H2,(H,18,19)(H,16,17,20). The Labute approximate surface area is 115 Å². The molecule has 0 radical (unpaired) electrons. The minimum Gasteiger partial charge on any atom is -0.384 e. The highest BCUT2D eigenvalue weighted by Crippen LogP contribution is 2.24. The number of hydrogen-bond donors (Lipinski definition) is 3. The highest BCUT2D eigenvalue weighted by Gasteiger charge is 2.24. The zero-order valence-electron chi connectivity index (χ0n) is 10.7. The molecule has 0 saturated carbocycles. The third kappa shape index (κ3) is 2.54. The smallest absolute Gasteiger partial charge is 0.264 e. The number of carbonyl (C=O) groups excluding carboxylic acids is 1. The van der Waals surface area contributed by atoms with Crippen molar-refractivity contribution in [1.82, 2.24) is 10.2 Å². The molecule has 2 aromatic rings. The molecule has 6 nitrogen and oxygen atoms in total. The molecule has 1 atom stereocenters. The Balaban J connectivity index is 1.70. The number of amides is 1. The van der Waals surface area contributed by atoms with Gasteiger partial charge >= 0.3 is 0 Å². The summed E-state index contributed by atoms with van der Waals surface area (Å²) in [5.74, 6) is 0.0960. The molecule has 0 spiro atoms. The molecule has 1 unspecified atom stereocenters. The van der Waals surface area contributed by atoms with Crippen LogP contribution in [0.4, 0.5) is 11.5 Å². The first-order chi connectivity index (χ1) is 9.72. The quantitative estimate of drug-likeness (QED) is 0.759.